The number of nitrogens with zero attached hydrogens (tertiary/aromatic N) is 1. The minimum atomic E-state index is 0.882. The van der Waals surface area contributed by atoms with Gasteiger partial charge in [-0.3, -0.25) is 4.90 Å². The molecule has 2 aliphatic rings. The average Bonchev–Trinajstić information content (AvgIpc) is 2.79. The molecule has 1 N–H and O–H groups in total. The van der Waals surface area contributed by atoms with E-state index >= 15 is 0 Å². The molecule has 1 aliphatic carbocycles. The van der Waals surface area contributed by atoms with Gasteiger partial charge in [0.15, 0.2) is 0 Å². The molecular formula is C14H28N2. The van der Waals surface area contributed by atoms with Crippen LogP contribution in [0.15, 0.2) is 0 Å². The molecule has 2 rings (SSSR count). The molecule has 1 saturated heterocycles. The van der Waals surface area contributed by atoms with Crippen molar-refractivity contribution in [3.8, 4) is 0 Å². The van der Waals surface area contributed by atoms with Crippen molar-refractivity contribution in [2.24, 2.45) is 0 Å². The summed E-state index contributed by atoms with van der Waals surface area (Å²) >= 11 is 0. The molecule has 0 aromatic heterocycles. The van der Waals surface area contributed by atoms with Gasteiger partial charge in [-0.2, -0.15) is 0 Å². The molecule has 0 aromatic rings. The van der Waals surface area contributed by atoms with E-state index in [0.29, 0.717) is 0 Å². The van der Waals surface area contributed by atoms with Gasteiger partial charge in [0, 0.05) is 25.8 Å². The lowest BCUT2D eigenvalue weighted by molar-refractivity contribution is 0.208. The quantitative estimate of drug-likeness (QED) is 0.736. The standard InChI is InChI=1S/C14H28N2/c1-2-4-6-8-10-14(9-7-5-3-1)16-12-11-15-13-16/h14-15H,1-13H2. The largest absolute Gasteiger partial charge is 0.303 e. The predicted octanol–water partition coefficient (Wildman–Crippen LogP) is 3.13. The molecule has 0 bridgehead atoms. The van der Waals surface area contributed by atoms with E-state index in [9.17, 15) is 0 Å². The lowest BCUT2D eigenvalue weighted by Gasteiger charge is -2.26. The van der Waals surface area contributed by atoms with Gasteiger partial charge >= 0.3 is 0 Å². The first-order valence-electron chi connectivity index (χ1n) is 7.41. The monoisotopic (exact) mass is 224 g/mol. The van der Waals surface area contributed by atoms with Crippen LogP contribution in [0.5, 0.6) is 0 Å². The lowest BCUT2D eigenvalue weighted by Crippen LogP contribution is -2.34. The molecule has 1 heterocycles. The van der Waals surface area contributed by atoms with E-state index in [1.165, 1.54) is 77.3 Å². The number of rotatable bonds is 1. The van der Waals surface area contributed by atoms with Crippen LogP contribution in [0.4, 0.5) is 0 Å². The summed E-state index contributed by atoms with van der Waals surface area (Å²) in [6.45, 7) is 3.63. The van der Waals surface area contributed by atoms with Crippen molar-refractivity contribution in [2.75, 3.05) is 19.8 Å². The number of nitrogens with one attached hydrogen (secondary N) is 1. The fraction of sp³-hybridized carbons (Fsp3) is 1.00. The summed E-state index contributed by atoms with van der Waals surface area (Å²) in [5.74, 6) is 0. The Morgan fingerprint density at radius 2 is 1.31 bits per heavy atom. The summed E-state index contributed by atoms with van der Waals surface area (Å²) in [7, 11) is 0. The van der Waals surface area contributed by atoms with E-state index in [4.69, 9.17) is 0 Å². The fourth-order valence-electron chi connectivity index (χ4n) is 3.17. The van der Waals surface area contributed by atoms with Crippen LogP contribution in [0.25, 0.3) is 0 Å². The SMILES string of the molecule is C1CCCCCC(N2CCNC2)CCCC1. The molecule has 0 atom stereocenters. The van der Waals surface area contributed by atoms with E-state index < -0.39 is 0 Å². The van der Waals surface area contributed by atoms with Crippen molar-refractivity contribution in [1.82, 2.24) is 10.2 Å². The highest BCUT2D eigenvalue weighted by atomic mass is 15.3. The summed E-state index contributed by atoms with van der Waals surface area (Å²) < 4.78 is 0. The van der Waals surface area contributed by atoms with Gasteiger partial charge < -0.3 is 5.32 Å². The zero-order valence-electron chi connectivity index (χ0n) is 10.7. The van der Waals surface area contributed by atoms with Gasteiger partial charge in [0.25, 0.3) is 0 Å². The summed E-state index contributed by atoms with van der Waals surface area (Å²) in [6.07, 6.45) is 14.7. The fourth-order valence-corrected chi connectivity index (χ4v) is 3.17. The van der Waals surface area contributed by atoms with Gasteiger partial charge in [-0.15, -0.1) is 0 Å². The highest BCUT2D eigenvalue weighted by Crippen LogP contribution is 2.20. The van der Waals surface area contributed by atoms with Crippen LogP contribution < -0.4 is 5.32 Å². The van der Waals surface area contributed by atoms with Crippen LogP contribution in [0, 0.1) is 0 Å². The molecule has 0 radical (unpaired) electrons. The maximum absolute atomic E-state index is 3.47. The van der Waals surface area contributed by atoms with E-state index in [0.717, 1.165) is 12.7 Å². The maximum Gasteiger partial charge on any atom is 0.0484 e. The van der Waals surface area contributed by atoms with Crippen LogP contribution in [0.1, 0.15) is 64.2 Å². The van der Waals surface area contributed by atoms with Crippen LogP contribution in [-0.2, 0) is 0 Å². The molecule has 0 unspecified atom stereocenters. The van der Waals surface area contributed by atoms with Gasteiger partial charge in [-0.05, 0) is 12.8 Å². The Morgan fingerprint density at radius 3 is 1.81 bits per heavy atom. The highest BCUT2D eigenvalue weighted by molar-refractivity contribution is 4.76. The normalized spacial score (nSPS) is 27.8. The molecule has 1 aliphatic heterocycles. The van der Waals surface area contributed by atoms with Crippen molar-refractivity contribution < 1.29 is 0 Å². The summed E-state index contributed by atoms with van der Waals surface area (Å²) in [5.41, 5.74) is 0. The zero-order valence-corrected chi connectivity index (χ0v) is 10.7. The zero-order chi connectivity index (χ0) is 11.1. The van der Waals surface area contributed by atoms with Gasteiger partial charge in [0.05, 0.1) is 0 Å². The third-order valence-corrected chi connectivity index (χ3v) is 4.23. The summed E-state index contributed by atoms with van der Waals surface area (Å²) in [5, 5.41) is 3.47. The highest BCUT2D eigenvalue weighted by Gasteiger charge is 2.20. The molecule has 16 heavy (non-hydrogen) atoms. The van der Waals surface area contributed by atoms with Crippen LogP contribution in [0.3, 0.4) is 0 Å². The van der Waals surface area contributed by atoms with E-state index in [1.54, 1.807) is 0 Å². The van der Waals surface area contributed by atoms with Crippen molar-refractivity contribution in [1.29, 1.82) is 0 Å². The van der Waals surface area contributed by atoms with E-state index in [1.807, 2.05) is 0 Å². The number of hydrogen-bond acceptors (Lipinski definition) is 2. The van der Waals surface area contributed by atoms with Gasteiger partial charge in [-0.1, -0.05) is 51.4 Å². The first-order valence-corrected chi connectivity index (χ1v) is 7.41. The predicted molar refractivity (Wildman–Crippen MR) is 69.5 cm³/mol. The minimum absolute atomic E-state index is 0.882. The van der Waals surface area contributed by atoms with Crippen LogP contribution >= 0.6 is 0 Å². The molecule has 2 heteroatoms. The second-order valence-corrected chi connectivity index (χ2v) is 5.53. The molecule has 0 spiro atoms. The Hall–Kier alpha value is -0.0800. The molecular weight excluding hydrogens is 196 g/mol. The minimum Gasteiger partial charge on any atom is -0.303 e. The lowest BCUT2D eigenvalue weighted by atomic mass is 10.0. The second-order valence-electron chi connectivity index (χ2n) is 5.53. The third kappa shape index (κ3) is 4.06. The Labute approximate surface area is 101 Å². The molecule has 94 valence electrons. The average molecular weight is 224 g/mol. The molecule has 0 amide bonds. The Kier molecular flexibility index (Phi) is 5.64. The van der Waals surface area contributed by atoms with Gasteiger partial charge in [0.1, 0.15) is 0 Å². The Balaban J connectivity index is 1.77. The molecule has 2 nitrogen and oxygen atoms in total. The molecule has 1 saturated carbocycles. The van der Waals surface area contributed by atoms with E-state index in [2.05, 4.69) is 10.2 Å². The molecule has 2 fully saturated rings. The first-order chi connectivity index (χ1) is 7.97. The summed E-state index contributed by atoms with van der Waals surface area (Å²) in [6, 6.07) is 0.882. The van der Waals surface area contributed by atoms with Crippen LogP contribution in [-0.4, -0.2) is 30.7 Å². The van der Waals surface area contributed by atoms with Crippen molar-refractivity contribution >= 4 is 0 Å². The second kappa shape index (κ2) is 7.29. The van der Waals surface area contributed by atoms with E-state index in [-0.39, 0.29) is 0 Å². The van der Waals surface area contributed by atoms with Crippen LogP contribution in [0.2, 0.25) is 0 Å². The maximum atomic E-state index is 3.47. The van der Waals surface area contributed by atoms with Gasteiger partial charge in [0.2, 0.25) is 0 Å². The number of hydrogen-bond donors (Lipinski definition) is 1. The smallest absolute Gasteiger partial charge is 0.0484 e. The third-order valence-electron chi connectivity index (χ3n) is 4.23. The Bertz CT molecular complexity index is 164. The first kappa shape index (κ1) is 12.4. The van der Waals surface area contributed by atoms with Crippen molar-refractivity contribution in [3.05, 3.63) is 0 Å². The molecule has 0 aromatic carbocycles. The van der Waals surface area contributed by atoms with Gasteiger partial charge in [-0.25, -0.2) is 0 Å². The van der Waals surface area contributed by atoms with Crippen molar-refractivity contribution in [2.45, 2.75) is 70.3 Å². The topological polar surface area (TPSA) is 15.3 Å². The summed E-state index contributed by atoms with van der Waals surface area (Å²) in [4.78, 5) is 2.68. The van der Waals surface area contributed by atoms with Crippen molar-refractivity contribution in [3.63, 3.8) is 0 Å². The Morgan fingerprint density at radius 1 is 0.750 bits per heavy atom.